The summed E-state index contributed by atoms with van der Waals surface area (Å²) in [7, 11) is -4.21. The van der Waals surface area contributed by atoms with E-state index >= 15 is 0 Å². The number of nitrogens with one attached hydrogen (secondary N) is 2. The third kappa shape index (κ3) is 6.45. The van der Waals surface area contributed by atoms with E-state index in [2.05, 4.69) is 15.1 Å². The predicted octanol–water partition coefficient (Wildman–Crippen LogP) is 4.75. The lowest BCUT2D eigenvalue weighted by Gasteiger charge is -2.16. The van der Waals surface area contributed by atoms with Crippen LogP contribution in [-0.2, 0) is 10.0 Å². The second-order valence-corrected chi connectivity index (χ2v) is 10.5. The van der Waals surface area contributed by atoms with Crippen LogP contribution in [0.25, 0.3) is 5.69 Å². The van der Waals surface area contributed by atoms with Gasteiger partial charge in [-0.25, -0.2) is 13.1 Å². The highest BCUT2D eigenvalue weighted by atomic mass is 35.5. The summed E-state index contributed by atoms with van der Waals surface area (Å²) in [6.45, 7) is 7.44. The minimum atomic E-state index is -4.21. The van der Waals surface area contributed by atoms with Gasteiger partial charge in [0.2, 0.25) is 15.9 Å². The van der Waals surface area contributed by atoms with Crippen molar-refractivity contribution in [3.8, 4) is 17.3 Å². The zero-order chi connectivity index (χ0) is 27.3. The average molecular weight is 550 g/mol. The first-order chi connectivity index (χ1) is 17.5. The Morgan fingerprint density at radius 1 is 1.24 bits per heavy atom. The Hall–Kier alpha value is -3.48. The van der Waals surface area contributed by atoms with Crippen LogP contribution < -0.4 is 14.8 Å². The van der Waals surface area contributed by atoms with Crippen LogP contribution in [0.3, 0.4) is 0 Å². The molecule has 0 saturated heterocycles. The fourth-order valence-electron chi connectivity index (χ4n) is 3.34. The summed E-state index contributed by atoms with van der Waals surface area (Å²) in [5.41, 5.74) is 0.457. The van der Waals surface area contributed by atoms with Crippen molar-refractivity contribution in [3.05, 3.63) is 68.9 Å². The molecule has 1 atom stereocenters. The average Bonchev–Trinajstić information content (AvgIpc) is 3.18. The molecule has 0 fully saturated rings. The highest BCUT2D eigenvalue weighted by Crippen LogP contribution is 2.36. The van der Waals surface area contributed by atoms with E-state index in [-0.39, 0.29) is 17.3 Å². The van der Waals surface area contributed by atoms with Crippen molar-refractivity contribution < 1.29 is 22.9 Å². The number of aromatic nitrogens is 2. The van der Waals surface area contributed by atoms with Gasteiger partial charge in [-0.3, -0.25) is 14.9 Å². The van der Waals surface area contributed by atoms with Crippen LogP contribution in [0.5, 0.6) is 11.6 Å². The second-order valence-electron chi connectivity index (χ2n) is 8.35. The molecule has 0 spiro atoms. The van der Waals surface area contributed by atoms with Gasteiger partial charge in [0.15, 0.2) is 5.69 Å². The van der Waals surface area contributed by atoms with Gasteiger partial charge in [-0.1, -0.05) is 31.5 Å². The Morgan fingerprint density at radius 3 is 2.59 bits per heavy atom. The first-order valence-electron chi connectivity index (χ1n) is 11.6. The number of amides is 1. The van der Waals surface area contributed by atoms with Crippen molar-refractivity contribution in [2.75, 3.05) is 6.54 Å². The van der Waals surface area contributed by atoms with Crippen LogP contribution in [0.4, 0.5) is 5.69 Å². The highest BCUT2D eigenvalue weighted by molar-refractivity contribution is 7.89. The molecule has 3 aromatic rings. The Labute approximate surface area is 220 Å². The molecule has 0 aliphatic heterocycles. The van der Waals surface area contributed by atoms with Gasteiger partial charge in [0.1, 0.15) is 10.6 Å². The van der Waals surface area contributed by atoms with E-state index in [4.69, 9.17) is 16.3 Å². The van der Waals surface area contributed by atoms with E-state index in [1.54, 1.807) is 45.0 Å². The number of hydrogen-bond acceptors (Lipinski definition) is 7. The van der Waals surface area contributed by atoms with Crippen LogP contribution in [0.15, 0.2) is 47.4 Å². The number of hydrogen-bond donors (Lipinski definition) is 2. The third-order valence-electron chi connectivity index (χ3n) is 5.47. The predicted molar refractivity (Wildman–Crippen MR) is 139 cm³/mol. The minimum absolute atomic E-state index is 0.0535. The van der Waals surface area contributed by atoms with Gasteiger partial charge in [-0.15, -0.1) is 0 Å². The van der Waals surface area contributed by atoms with Gasteiger partial charge >= 0.3 is 0 Å². The molecule has 0 bridgehead atoms. The number of rotatable bonds is 11. The van der Waals surface area contributed by atoms with E-state index in [9.17, 15) is 23.3 Å². The summed E-state index contributed by atoms with van der Waals surface area (Å²) in [5.74, 6) is -0.550. The van der Waals surface area contributed by atoms with Gasteiger partial charge in [0, 0.05) is 35.3 Å². The molecule has 13 heteroatoms. The highest BCUT2D eigenvalue weighted by Gasteiger charge is 2.28. The van der Waals surface area contributed by atoms with Gasteiger partial charge in [-0.2, -0.15) is 9.78 Å². The largest absolute Gasteiger partial charge is 0.437 e. The number of halogens is 1. The minimum Gasteiger partial charge on any atom is -0.437 e. The molecule has 3 rings (SSSR count). The second kappa shape index (κ2) is 11.7. The smallest absolute Gasteiger partial charge is 0.272 e. The lowest BCUT2D eigenvalue weighted by Crippen LogP contribution is -2.32. The van der Waals surface area contributed by atoms with Gasteiger partial charge < -0.3 is 10.1 Å². The van der Waals surface area contributed by atoms with E-state index in [0.717, 1.165) is 18.6 Å². The summed E-state index contributed by atoms with van der Waals surface area (Å²) >= 11 is 6.17. The normalized spacial score (nSPS) is 12.2. The van der Waals surface area contributed by atoms with E-state index in [0.29, 0.717) is 29.2 Å². The fourth-order valence-corrected chi connectivity index (χ4v) is 5.00. The van der Waals surface area contributed by atoms with E-state index in [1.807, 2.05) is 6.92 Å². The van der Waals surface area contributed by atoms with Crippen LogP contribution in [-0.4, -0.2) is 41.6 Å². The van der Waals surface area contributed by atoms with Crippen molar-refractivity contribution in [3.63, 3.8) is 0 Å². The van der Waals surface area contributed by atoms with Crippen molar-refractivity contribution in [2.24, 2.45) is 0 Å². The van der Waals surface area contributed by atoms with Crippen LogP contribution in [0, 0.1) is 17.0 Å². The van der Waals surface area contributed by atoms with E-state index < -0.39 is 37.5 Å². The molecule has 1 amide bonds. The number of benzene rings is 2. The third-order valence-corrected chi connectivity index (χ3v) is 7.32. The van der Waals surface area contributed by atoms with Crippen molar-refractivity contribution in [1.82, 2.24) is 19.8 Å². The number of nitrogens with zero attached hydrogens (tertiary/aromatic N) is 3. The lowest BCUT2D eigenvalue weighted by molar-refractivity contribution is -0.385. The summed E-state index contributed by atoms with van der Waals surface area (Å²) in [5, 5.41) is 19.0. The molecule has 0 aliphatic rings. The molecule has 2 aromatic carbocycles. The Bertz CT molecular complexity index is 1420. The number of sulfonamides is 1. The zero-order valence-electron chi connectivity index (χ0n) is 20.8. The monoisotopic (exact) mass is 549 g/mol. The quantitative estimate of drug-likeness (QED) is 0.259. The molecule has 2 N–H and O–H groups in total. The Morgan fingerprint density at radius 2 is 1.97 bits per heavy atom. The molecule has 0 saturated carbocycles. The number of ether oxygens (including phenoxy) is 1. The Kier molecular flexibility index (Phi) is 8.89. The van der Waals surface area contributed by atoms with Crippen LogP contribution >= 0.6 is 11.6 Å². The maximum absolute atomic E-state index is 13.2. The SMILES string of the molecule is CCCNC(=O)c1nn(-c2cccc(Cl)c2)c(Oc2ccc([N+](=O)[O-])cc2S(=O)(=O)N[C@@H](C)CC)c1C. The molecule has 0 unspecified atom stereocenters. The van der Waals surface area contributed by atoms with Gasteiger partial charge in [0.25, 0.3) is 11.6 Å². The molecule has 0 radical (unpaired) electrons. The Balaban J connectivity index is 2.20. The summed E-state index contributed by atoms with van der Waals surface area (Å²) in [6.07, 6.45) is 1.22. The van der Waals surface area contributed by atoms with Crippen LogP contribution in [0.2, 0.25) is 5.02 Å². The molecule has 37 heavy (non-hydrogen) atoms. The number of non-ortho nitro benzene ring substituents is 1. The zero-order valence-corrected chi connectivity index (χ0v) is 22.4. The topological polar surface area (TPSA) is 145 Å². The maximum atomic E-state index is 13.2. The fraction of sp³-hybridized carbons (Fsp3) is 0.333. The first-order valence-corrected chi connectivity index (χ1v) is 13.5. The summed E-state index contributed by atoms with van der Waals surface area (Å²) in [6, 6.07) is 9.50. The first kappa shape index (κ1) is 28.1. The number of carbonyl (C=O) groups excluding carboxylic acids is 1. The van der Waals surface area contributed by atoms with Crippen molar-refractivity contribution in [1.29, 1.82) is 0 Å². The molecule has 198 valence electrons. The van der Waals surface area contributed by atoms with Crippen LogP contribution in [0.1, 0.15) is 49.7 Å². The molecule has 1 aromatic heterocycles. The number of carbonyl (C=O) groups is 1. The molecular formula is C24H28ClN5O6S. The van der Waals surface area contributed by atoms with Crippen molar-refractivity contribution >= 4 is 33.2 Å². The molecular weight excluding hydrogens is 522 g/mol. The number of nitro benzene ring substituents is 1. The lowest BCUT2D eigenvalue weighted by atomic mass is 10.2. The van der Waals surface area contributed by atoms with Gasteiger partial charge in [-0.05, 0) is 51.0 Å². The standard InChI is InChI=1S/C24H28ClN5O6S/c1-5-12-26-23(31)22-16(4)24(29(27-22)18-9-7-8-17(25)13-18)36-20-11-10-19(30(32)33)14-21(20)37(34,35)28-15(3)6-2/h7-11,13-15,28H,5-6,12H2,1-4H3,(H,26,31)/t15-/m0/s1. The number of nitro groups is 1. The molecule has 0 aliphatic carbocycles. The van der Waals surface area contributed by atoms with Gasteiger partial charge in [0.05, 0.1) is 10.6 Å². The van der Waals surface area contributed by atoms with Crippen molar-refractivity contribution in [2.45, 2.75) is 51.5 Å². The molecule has 1 heterocycles. The summed E-state index contributed by atoms with van der Waals surface area (Å²) in [4.78, 5) is 23.1. The van der Waals surface area contributed by atoms with E-state index in [1.165, 1.54) is 10.7 Å². The summed E-state index contributed by atoms with van der Waals surface area (Å²) < 4.78 is 36.3. The maximum Gasteiger partial charge on any atom is 0.272 e. The molecule has 11 nitrogen and oxygen atoms in total.